The zero-order valence-corrected chi connectivity index (χ0v) is 15.5. The van der Waals surface area contributed by atoms with Crippen molar-refractivity contribution < 1.29 is 14.2 Å². The third-order valence-electron chi connectivity index (χ3n) is 4.40. The molecule has 2 heterocycles. The first kappa shape index (κ1) is 16.9. The van der Waals surface area contributed by atoms with Crippen LogP contribution in [0.25, 0.3) is 0 Å². The van der Waals surface area contributed by atoms with Crippen molar-refractivity contribution in [1.29, 1.82) is 0 Å². The predicted octanol–water partition coefficient (Wildman–Crippen LogP) is 3.82. The van der Waals surface area contributed by atoms with E-state index >= 15 is 0 Å². The topological polar surface area (TPSA) is 43.8 Å². The van der Waals surface area contributed by atoms with Crippen LogP contribution in [0.2, 0.25) is 0 Å². The number of aryl methyl sites for hydroxylation is 2. The van der Waals surface area contributed by atoms with Crippen LogP contribution in [0.5, 0.6) is 17.2 Å². The van der Waals surface area contributed by atoms with Crippen molar-refractivity contribution in [3.8, 4) is 17.2 Å². The lowest BCUT2D eigenvalue weighted by Crippen LogP contribution is -2.38. The van der Waals surface area contributed by atoms with Crippen LogP contribution in [0.15, 0.2) is 18.2 Å². The van der Waals surface area contributed by atoms with Crippen molar-refractivity contribution in [3.05, 3.63) is 28.8 Å². The number of benzene rings is 1. The summed E-state index contributed by atoms with van der Waals surface area (Å²) >= 11 is 1.77. The second-order valence-electron chi connectivity index (χ2n) is 5.93. The summed E-state index contributed by atoms with van der Waals surface area (Å²) in [6, 6.07) is 5.70. The van der Waals surface area contributed by atoms with Gasteiger partial charge in [-0.2, -0.15) is 0 Å². The normalized spacial score (nSPS) is 15.4. The molecule has 5 nitrogen and oxygen atoms in total. The van der Waals surface area contributed by atoms with Gasteiger partial charge < -0.3 is 19.1 Å². The Morgan fingerprint density at radius 2 is 1.71 bits per heavy atom. The summed E-state index contributed by atoms with van der Waals surface area (Å²) < 4.78 is 17.0. The molecule has 0 atom stereocenters. The number of thiazole rings is 1. The van der Waals surface area contributed by atoms with Gasteiger partial charge in [-0.3, -0.25) is 0 Å². The lowest BCUT2D eigenvalue weighted by atomic mass is 10.1. The maximum atomic E-state index is 6.22. The molecule has 0 aliphatic carbocycles. The number of rotatable bonds is 5. The number of para-hydroxylation sites is 1. The minimum atomic E-state index is 0.161. The van der Waals surface area contributed by atoms with E-state index in [-0.39, 0.29) is 6.10 Å². The molecule has 1 aliphatic heterocycles. The molecule has 1 aliphatic rings. The lowest BCUT2D eigenvalue weighted by molar-refractivity contribution is 0.158. The SMILES string of the molecule is COc1cccc(OC)c1OC1CCN(c2nc(C)c(C)s2)CC1. The van der Waals surface area contributed by atoms with E-state index in [0.717, 1.165) is 36.8 Å². The molecule has 1 aromatic carbocycles. The molecule has 6 heteroatoms. The molecule has 0 spiro atoms. The molecule has 0 N–H and O–H groups in total. The van der Waals surface area contributed by atoms with Crippen LogP contribution in [0, 0.1) is 13.8 Å². The second-order valence-corrected chi connectivity index (χ2v) is 7.12. The van der Waals surface area contributed by atoms with Crippen molar-refractivity contribution in [2.75, 3.05) is 32.2 Å². The molecular formula is C18H24N2O3S. The van der Waals surface area contributed by atoms with Gasteiger partial charge in [0.15, 0.2) is 16.6 Å². The molecule has 0 saturated carbocycles. The van der Waals surface area contributed by atoms with Gasteiger partial charge in [0.2, 0.25) is 5.75 Å². The zero-order valence-electron chi connectivity index (χ0n) is 14.7. The average molecular weight is 348 g/mol. The van der Waals surface area contributed by atoms with Crippen LogP contribution in [0.1, 0.15) is 23.4 Å². The Balaban J connectivity index is 1.65. The van der Waals surface area contributed by atoms with Gasteiger partial charge in [-0.1, -0.05) is 6.07 Å². The summed E-state index contributed by atoms with van der Waals surface area (Å²) in [6.07, 6.45) is 2.08. The number of anilines is 1. The van der Waals surface area contributed by atoms with Crippen molar-refractivity contribution in [2.24, 2.45) is 0 Å². The Labute approximate surface area is 147 Å². The van der Waals surface area contributed by atoms with Gasteiger partial charge in [-0.15, -0.1) is 11.3 Å². The Bertz CT molecular complexity index is 652. The van der Waals surface area contributed by atoms with Crippen molar-refractivity contribution >= 4 is 16.5 Å². The molecule has 2 aromatic rings. The van der Waals surface area contributed by atoms with Gasteiger partial charge in [0.05, 0.1) is 19.9 Å². The number of aromatic nitrogens is 1. The Morgan fingerprint density at radius 1 is 1.08 bits per heavy atom. The fraction of sp³-hybridized carbons (Fsp3) is 0.500. The van der Waals surface area contributed by atoms with E-state index in [1.807, 2.05) is 18.2 Å². The predicted molar refractivity (Wildman–Crippen MR) is 97.0 cm³/mol. The highest BCUT2D eigenvalue weighted by molar-refractivity contribution is 7.15. The standard InChI is InChI=1S/C18H24N2O3S/c1-12-13(2)24-18(19-12)20-10-8-14(9-11-20)23-17-15(21-3)6-5-7-16(17)22-4/h5-7,14H,8-11H2,1-4H3. The Hall–Kier alpha value is -1.95. The summed E-state index contributed by atoms with van der Waals surface area (Å²) in [7, 11) is 3.30. The summed E-state index contributed by atoms with van der Waals surface area (Å²) in [5.74, 6) is 2.12. The van der Waals surface area contributed by atoms with E-state index in [0.29, 0.717) is 17.2 Å². The largest absolute Gasteiger partial charge is 0.493 e. The summed E-state index contributed by atoms with van der Waals surface area (Å²) in [5, 5.41) is 1.12. The quantitative estimate of drug-likeness (QED) is 0.822. The summed E-state index contributed by atoms with van der Waals surface area (Å²) in [6.45, 7) is 6.10. The van der Waals surface area contributed by atoms with Gasteiger partial charge >= 0.3 is 0 Å². The Kier molecular flexibility index (Phi) is 5.14. The minimum Gasteiger partial charge on any atom is -0.493 e. The number of ether oxygens (including phenoxy) is 3. The molecule has 1 saturated heterocycles. The molecular weight excluding hydrogens is 324 g/mol. The maximum Gasteiger partial charge on any atom is 0.203 e. The second kappa shape index (κ2) is 7.30. The van der Waals surface area contributed by atoms with Gasteiger partial charge in [-0.05, 0) is 26.0 Å². The zero-order chi connectivity index (χ0) is 17.1. The first-order valence-corrected chi connectivity index (χ1v) is 9.00. The molecule has 1 aromatic heterocycles. The highest BCUT2D eigenvalue weighted by Crippen LogP contribution is 2.38. The van der Waals surface area contributed by atoms with Crippen LogP contribution in [-0.2, 0) is 0 Å². The molecule has 130 valence electrons. The molecule has 0 amide bonds. The first-order chi connectivity index (χ1) is 11.6. The summed E-state index contributed by atoms with van der Waals surface area (Å²) in [4.78, 5) is 8.31. The highest BCUT2D eigenvalue weighted by atomic mass is 32.1. The van der Waals surface area contributed by atoms with E-state index in [1.165, 1.54) is 4.88 Å². The van der Waals surface area contributed by atoms with Gasteiger partial charge in [-0.25, -0.2) is 4.98 Å². The smallest absolute Gasteiger partial charge is 0.203 e. The number of nitrogens with zero attached hydrogens (tertiary/aromatic N) is 2. The van der Waals surface area contributed by atoms with Crippen LogP contribution >= 0.6 is 11.3 Å². The van der Waals surface area contributed by atoms with Crippen molar-refractivity contribution in [2.45, 2.75) is 32.8 Å². The molecule has 0 radical (unpaired) electrons. The number of hydrogen-bond acceptors (Lipinski definition) is 6. The monoisotopic (exact) mass is 348 g/mol. The number of hydrogen-bond donors (Lipinski definition) is 0. The molecule has 24 heavy (non-hydrogen) atoms. The molecule has 0 unspecified atom stereocenters. The molecule has 0 bridgehead atoms. The van der Waals surface area contributed by atoms with Crippen molar-refractivity contribution in [1.82, 2.24) is 4.98 Å². The first-order valence-electron chi connectivity index (χ1n) is 8.19. The molecule has 3 rings (SSSR count). The summed E-state index contributed by atoms with van der Waals surface area (Å²) in [5.41, 5.74) is 1.13. The maximum absolute atomic E-state index is 6.22. The third kappa shape index (κ3) is 3.43. The Morgan fingerprint density at radius 3 is 2.21 bits per heavy atom. The fourth-order valence-electron chi connectivity index (χ4n) is 2.86. The van der Waals surface area contributed by atoms with Crippen LogP contribution in [0.3, 0.4) is 0 Å². The third-order valence-corrected chi connectivity index (χ3v) is 5.53. The van der Waals surface area contributed by atoms with Gasteiger partial charge in [0.25, 0.3) is 0 Å². The van der Waals surface area contributed by atoms with Crippen molar-refractivity contribution in [3.63, 3.8) is 0 Å². The minimum absolute atomic E-state index is 0.161. The van der Waals surface area contributed by atoms with E-state index in [1.54, 1.807) is 25.6 Å². The van der Waals surface area contributed by atoms with E-state index in [9.17, 15) is 0 Å². The van der Waals surface area contributed by atoms with Crippen LogP contribution in [0.4, 0.5) is 5.13 Å². The van der Waals surface area contributed by atoms with E-state index in [4.69, 9.17) is 14.2 Å². The fourth-order valence-corrected chi connectivity index (χ4v) is 3.82. The van der Waals surface area contributed by atoms with Crippen LogP contribution < -0.4 is 19.1 Å². The van der Waals surface area contributed by atoms with E-state index in [2.05, 4.69) is 23.7 Å². The average Bonchev–Trinajstić information content (AvgIpc) is 2.94. The number of methoxy groups -OCH3 is 2. The molecule has 1 fully saturated rings. The highest BCUT2D eigenvalue weighted by Gasteiger charge is 2.25. The van der Waals surface area contributed by atoms with Gasteiger partial charge in [0, 0.05) is 30.8 Å². The lowest BCUT2D eigenvalue weighted by Gasteiger charge is -2.32. The van der Waals surface area contributed by atoms with E-state index < -0.39 is 0 Å². The van der Waals surface area contributed by atoms with Crippen LogP contribution in [-0.4, -0.2) is 38.4 Å². The van der Waals surface area contributed by atoms with Gasteiger partial charge in [0.1, 0.15) is 6.10 Å². The number of piperidine rings is 1.